The normalized spacial score (nSPS) is 13.9. The van der Waals surface area contributed by atoms with Gasteiger partial charge in [-0.1, -0.05) is 29.8 Å². The van der Waals surface area contributed by atoms with Crippen molar-refractivity contribution in [3.63, 3.8) is 0 Å². The molecular weight excluding hydrogens is 248 g/mol. The van der Waals surface area contributed by atoms with E-state index in [1.54, 1.807) is 0 Å². The van der Waals surface area contributed by atoms with Crippen LogP contribution in [0.15, 0.2) is 35.3 Å². The summed E-state index contributed by atoms with van der Waals surface area (Å²) in [6, 6.07) is 10.0. The van der Waals surface area contributed by atoms with E-state index < -0.39 is 0 Å². The monoisotopic (exact) mass is 264 g/mol. The second-order valence-corrected chi connectivity index (χ2v) is 5.30. The van der Waals surface area contributed by atoms with Crippen molar-refractivity contribution in [3.8, 4) is 0 Å². The smallest absolute Gasteiger partial charge is 0.172 e. The Labute approximate surface area is 118 Å². The molecule has 2 aromatic rings. The highest BCUT2D eigenvalue weighted by Crippen LogP contribution is 2.29. The number of carbonyl (C=O) groups is 1. The third-order valence-electron chi connectivity index (χ3n) is 3.56. The van der Waals surface area contributed by atoms with Gasteiger partial charge in [-0.15, -0.1) is 0 Å². The van der Waals surface area contributed by atoms with Gasteiger partial charge in [0.2, 0.25) is 0 Å². The highest BCUT2D eigenvalue weighted by Gasteiger charge is 2.24. The van der Waals surface area contributed by atoms with Gasteiger partial charge in [0.15, 0.2) is 11.6 Å². The molecule has 3 nitrogen and oxygen atoms in total. The second kappa shape index (κ2) is 4.67. The minimum Gasteiger partial charge on any atom is -0.294 e. The Balaban J connectivity index is 2.13. The Morgan fingerprint density at radius 1 is 1.05 bits per heavy atom. The molecule has 3 heteroatoms. The summed E-state index contributed by atoms with van der Waals surface area (Å²) in [6.07, 6.45) is 0.349. The van der Waals surface area contributed by atoms with Crippen LogP contribution in [0, 0.1) is 20.8 Å². The molecule has 0 unspecified atom stereocenters. The molecular formula is C17H16N2O. The van der Waals surface area contributed by atoms with Gasteiger partial charge in [-0.25, -0.2) is 9.98 Å². The average molecular weight is 264 g/mol. The summed E-state index contributed by atoms with van der Waals surface area (Å²) in [5.41, 5.74) is 5.52. The highest BCUT2D eigenvalue weighted by molar-refractivity contribution is 6.20. The maximum absolute atomic E-state index is 12.3. The van der Waals surface area contributed by atoms with E-state index in [0.29, 0.717) is 17.8 Å². The van der Waals surface area contributed by atoms with Gasteiger partial charge in [0.1, 0.15) is 0 Å². The van der Waals surface area contributed by atoms with E-state index in [1.165, 1.54) is 5.56 Å². The number of nitrogens with zero attached hydrogens (tertiary/aromatic N) is 2. The summed E-state index contributed by atoms with van der Waals surface area (Å²) in [7, 11) is 0. The van der Waals surface area contributed by atoms with Crippen molar-refractivity contribution in [2.45, 2.75) is 27.2 Å². The molecule has 1 aliphatic heterocycles. The molecule has 0 N–H and O–H groups in total. The number of Topliss-reactive ketones (excluding diaryl/α,β-unsaturated/α-hetero) is 1. The van der Waals surface area contributed by atoms with E-state index in [2.05, 4.69) is 9.98 Å². The lowest BCUT2D eigenvalue weighted by Gasteiger charge is -2.16. The van der Waals surface area contributed by atoms with E-state index in [9.17, 15) is 4.79 Å². The van der Waals surface area contributed by atoms with Crippen LogP contribution in [0.1, 0.15) is 39.2 Å². The van der Waals surface area contributed by atoms with Crippen LogP contribution in [-0.4, -0.2) is 16.5 Å². The number of aromatic nitrogens is 1. The molecule has 0 spiro atoms. The second-order valence-electron chi connectivity index (χ2n) is 5.30. The summed E-state index contributed by atoms with van der Waals surface area (Å²) in [6.45, 7) is 5.91. The number of carbonyl (C=O) groups excluding carboxylic acids is 1. The topological polar surface area (TPSA) is 42.3 Å². The molecule has 0 aliphatic carbocycles. The summed E-state index contributed by atoms with van der Waals surface area (Å²) in [5.74, 6) is 0.671. The Kier molecular flexibility index (Phi) is 2.97. The first-order valence-corrected chi connectivity index (χ1v) is 6.70. The lowest BCUT2D eigenvalue weighted by atomic mass is 9.95. The molecule has 0 bridgehead atoms. The van der Waals surface area contributed by atoms with Crippen molar-refractivity contribution in [2.24, 2.45) is 4.99 Å². The number of aryl methyl sites for hydroxylation is 3. The van der Waals surface area contributed by atoms with Crippen molar-refractivity contribution in [3.05, 3.63) is 58.3 Å². The van der Waals surface area contributed by atoms with Crippen LogP contribution >= 0.6 is 0 Å². The van der Waals surface area contributed by atoms with Crippen LogP contribution < -0.4 is 0 Å². The Bertz CT molecular complexity index is 727. The van der Waals surface area contributed by atoms with Gasteiger partial charge in [-0.05, 0) is 38.0 Å². The standard InChI is InChI=1S/C17H16N2O/c1-10-4-6-13(7-5-10)14-9-15(20)16-11(2)8-12(3)18-17(16)19-14/h4-8H,9H2,1-3H3. The predicted octanol–water partition coefficient (Wildman–Crippen LogP) is 3.71. The molecule has 2 heterocycles. The van der Waals surface area contributed by atoms with Crippen molar-refractivity contribution in [1.82, 2.24) is 4.98 Å². The van der Waals surface area contributed by atoms with Crippen LogP contribution in [0.25, 0.3) is 0 Å². The molecule has 100 valence electrons. The first kappa shape index (κ1) is 12.7. The fourth-order valence-corrected chi connectivity index (χ4v) is 2.56. The molecule has 0 saturated heterocycles. The number of aliphatic imine (C=N–C) groups is 1. The quantitative estimate of drug-likeness (QED) is 0.787. The van der Waals surface area contributed by atoms with Gasteiger partial charge in [0.25, 0.3) is 0 Å². The molecule has 3 rings (SSSR count). The molecule has 0 fully saturated rings. The number of pyridine rings is 1. The highest BCUT2D eigenvalue weighted by atomic mass is 16.1. The molecule has 0 radical (unpaired) electrons. The van der Waals surface area contributed by atoms with E-state index in [1.807, 2.05) is 51.1 Å². The SMILES string of the molecule is Cc1ccc(C2=Nc3nc(C)cc(C)c3C(=O)C2)cc1. The zero-order valence-corrected chi connectivity index (χ0v) is 11.9. The van der Waals surface area contributed by atoms with Gasteiger partial charge >= 0.3 is 0 Å². The predicted molar refractivity (Wildman–Crippen MR) is 80.0 cm³/mol. The molecule has 0 saturated carbocycles. The number of rotatable bonds is 1. The summed E-state index contributed by atoms with van der Waals surface area (Å²) >= 11 is 0. The Hall–Kier alpha value is -2.29. The third-order valence-corrected chi connectivity index (χ3v) is 3.56. The minimum absolute atomic E-state index is 0.107. The largest absolute Gasteiger partial charge is 0.294 e. The maximum atomic E-state index is 12.3. The first-order valence-electron chi connectivity index (χ1n) is 6.70. The molecule has 1 aromatic carbocycles. The number of fused-ring (bicyclic) bond motifs is 1. The minimum atomic E-state index is 0.107. The van der Waals surface area contributed by atoms with Gasteiger partial charge in [-0.3, -0.25) is 4.79 Å². The van der Waals surface area contributed by atoms with E-state index >= 15 is 0 Å². The zero-order valence-electron chi connectivity index (χ0n) is 11.9. The van der Waals surface area contributed by atoms with Crippen molar-refractivity contribution in [2.75, 3.05) is 0 Å². The lowest BCUT2D eigenvalue weighted by Crippen LogP contribution is -2.16. The molecule has 20 heavy (non-hydrogen) atoms. The number of ketones is 1. The van der Waals surface area contributed by atoms with Crippen LogP contribution in [0.3, 0.4) is 0 Å². The molecule has 1 aromatic heterocycles. The van der Waals surface area contributed by atoms with Crippen LogP contribution in [0.5, 0.6) is 0 Å². The van der Waals surface area contributed by atoms with E-state index in [0.717, 1.165) is 22.5 Å². The van der Waals surface area contributed by atoms with Crippen molar-refractivity contribution in [1.29, 1.82) is 0 Å². The van der Waals surface area contributed by atoms with Gasteiger partial charge < -0.3 is 0 Å². The van der Waals surface area contributed by atoms with Crippen LogP contribution in [0.2, 0.25) is 0 Å². The third kappa shape index (κ3) is 2.16. The van der Waals surface area contributed by atoms with Crippen LogP contribution in [0.4, 0.5) is 5.82 Å². The first-order chi connectivity index (χ1) is 9.54. The summed E-state index contributed by atoms with van der Waals surface area (Å²) in [4.78, 5) is 21.4. The fourth-order valence-electron chi connectivity index (χ4n) is 2.56. The van der Waals surface area contributed by atoms with Crippen molar-refractivity contribution < 1.29 is 4.79 Å². The maximum Gasteiger partial charge on any atom is 0.172 e. The molecule has 0 amide bonds. The molecule has 0 atom stereocenters. The Morgan fingerprint density at radius 2 is 1.75 bits per heavy atom. The van der Waals surface area contributed by atoms with Gasteiger partial charge in [0.05, 0.1) is 17.7 Å². The number of hydrogen-bond acceptors (Lipinski definition) is 3. The number of hydrogen-bond donors (Lipinski definition) is 0. The fraction of sp³-hybridized carbons (Fsp3) is 0.235. The number of benzene rings is 1. The van der Waals surface area contributed by atoms with E-state index in [-0.39, 0.29) is 5.78 Å². The van der Waals surface area contributed by atoms with E-state index in [4.69, 9.17) is 0 Å². The molecule has 1 aliphatic rings. The summed E-state index contributed by atoms with van der Waals surface area (Å²) < 4.78 is 0. The Morgan fingerprint density at radius 3 is 2.45 bits per heavy atom. The zero-order chi connectivity index (χ0) is 14.3. The van der Waals surface area contributed by atoms with Crippen LogP contribution in [-0.2, 0) is 0 Å². The van der Waals surface area contributed by atoms with Gasteiger partial charge in [-0.2, -0.15) is 0 Å². The van der Waals surface area contributed by atoms with Crippen molar-refractivity contribution >= 4 is 17.3 Å². The average Bonchev–Trinajstić information content (AvgIpc) is 2.38. The van der Waals surface area contributed by atoms with Gasteiger partial charge in [0, 0.05) is 5.69 Å². The summed E-state index contributed by atoms with van der Waals surface area (Å²) in [5, 5.41) is 0. The lowest BCUT2D eigenvalue weighted by molar-refractivity contribution is 0.0999.